The quantitative estimate of drug-likeness (QED) is 0.728. The van der Waals surface area contributed by atoms with Crippen LogP contribution in [0.1, 0.15) is 32.3 Å². The fourth-order valence-corrected chi connectivity index (χ4v) is 2.25. The molecule has 0 aliphatic heterocycles. The summed E-state index contributed by atoms with van der Waals surface area (Å²) in [6, 6.07) is 4.62. The number of carbonyl (C=O) groups excluding carboxylic acids is 1. The zero-order valence-corrected chi connectivity index (χ0v) is 14.1. The summed E-state index contributed by atoms with van der Waals surface area (Å²) in [5.41, 5.74) is 0.925. The largest absolute Gasteiger partial charge is 0.493 e. The summed E-state index contributed by atoms with van der Waals surface area (Å²) >= 11 is 0. The van der Waals surface area contributed by atoms with Crippen molar-refractivity contribution in [2.24, 2.45) is 5.92 Å². The number of rotatable bonds is 9. The Morgan fingerprint density at radius 1 is 1.17 bits per heavy atom. The van der Waals surface area contributed by atoms with Crippen LogP contribution in [0.4, 0.5) is 0 Å². The average molecular weight is 323 g/mol. The smallest absolute Gasteiger partial charge is 0.326 e. The molecule has 0 aliphatic carbocycles. The molecule has 0 saturated carbocycles. The van der Waals surface area contributed by atoms with Crippen molar-refractivity contribution in [2.45, 2.75) is 39.2 Å². The number of amides is 1. The predicted octanol–water partition coefficient (Wildman–Crippen LogP) is 2.25. The van der Waals surface area contributed by atoms with Gasteiger partial charge in [-0.1, -0.05) is 19.9 Å². The summed E-state index contributed by atoms with van der Waals surface area (Å²) in [5.74, 6) is 0.158. The topological polar surface area (TPSA) is 84.9 Å². The van der Waals surface area contributed by atoms with Gasteiger partial charge in [0.05, 0.1) is 14.2 Å². The summed E-state index contributed by atoms with van der Waals surface area (Å²) in [6.45, 7) is 3.84. The normalized spacial score (nSPS) is 11.9. The van der Waals surface area contributed by atoms with Crippen molar-refractivity contribution < 1.29 is 24.2 Å². The number of carboxylic acids is 1. The van der Waals surface area contributed by atoms with Gasteiger partial charge in [-0.2, -0.15) is 0 Å². The lowest BCUT2D eigenvalue weighted by atomic mass is 10.0. The van der Waals surface area contributed by atoms with Gasteiger partial charge in [-0.05, 0) is 36.5 Å². The highest BCUT2D eigenvalue weighted by molar-refractivity contribution is 5.83. The third kappa shape index (κ3) is 6.18. The van der Waals surface area contributed by atoms with E-state index in [4.69, 9.17) is 14.6 Å². The first-order valence-electron chi connectivity index (χ1n) is 7.60. The summed E-state index contributed by atoms with van der Waals surface area (Å²) in [4.78, 5) is 23.1. The average Bonchev–Trinajstić information content (AvgIpc) is 2.51. The van der Waals surface area contributed by atoms with Gasteiger partial charge in [-0.25, -0.2) is 4.79 Å². The highest BCUT2D eigenvalue weighted by atomic mass is 16.5. The van der Waals surface area contributed by atoms with Gasteiger partial charge >= 0.3 is 5.97 Å². The van der Waals surface area contributed by atoms with Crippen molar-refractivity contribution in [1.29, 1.82) is 0 Å². The second kappa shape index (κ2) is 9.02. The number of ether oxygens (including phenoxy) is 2. The van der Waals surface area contributed by atoms with E-state index in [1.165, 1.54) is 0 Å². The van der Waals surface area contributed by atoms with E-state index >= 15 is 0 Å². The van der Waals surface area contributed by atoms with Gasteiger partial charge < -0.3 is 19.9 Å². The van der Waals surface area contributed by atoms with E-state index < -0.39 is 12.0 Å². The first-order chi connectivity index (χ1) is 10.9. The van der Waals surface area contributed by atoms with Crippen molar-refractivity contribution >= 4 is 11.9 Å². The fraction of sp³-hybridized carbons (Fsp3) is 0.529. The van der Waals surface area contributed by atoms with Crippen molar-refractivity contribution in [3.05, 3.63) is 23.8 Å². The molecule has 6 heteroatoms. The number of aryl methyl sites for hydroxylation is 1. The minimum Gasteiger partial charge on any atom is -0.493 e. The monoisotopic (exact) mass is 323 g/mol. The van der Waals surface area contributed by atoms with E-state index in [-0.39, 0.29) is 18.2 Å². The summed E-state index contributed by atoms with van der Waals surface area (Å²) in [6.07, 6.45) is 1.13. The molecule has 23 heavy (non-hydrogen) atoms. The van der Waals surface area contributed by atoms with Gasteiger partial charge in [-0.15, -0.1) is 0 Å². The second-order valence-electron chi connectivity index (χ2n) is 5.78. The molecule has 6 nitrogen and oxygen atoms in total. The third-order valence-corrected chi connectivity index (χ3v) is 3.43. The Kier molecular flexibility index (Phi) is 7.38. The van der Waals surface area contributed by atoms with Crippen LogP contribution in [0.25, 0.3) is 0 Å². The fourth-order valence-electron chi connectivity index (χ4n) is 2.25. The van der Waals surface area contributed by atoms with E-state index in [1.807, 2.05) is 26.0 Å². The molecule has 1 aromatic carbocycles. The van der Waals surface area contributed by atoms with Gasteiger partial charge in [0.25, 0.3) is 0 Å². The Morgan fingerprint density at radius 2 is 1.83 bits per heavy atom. The van der Waals surface area contributed by atoms with Crippen LogP contribution in [0.3, 0.4) is 0 Å². The molecule has 0 aliphatic rings. The minimum absolute atomic E-state index is 0.197. The molecule has 0 unspecified atom stereocenters. The molecule has 0 aromatic heterocycles. The lowest BCUT2D eigenvalue weighted by Crippen LogP contribution is -2.41. The van der Waals surface area contributed by atoms with Crippen molar-refractivity contribution in [3.63, 3.8) is 0 Å². The third-order valence-electron chi connectivity index (χ3n) is 3.43. The van der Waals surface area contributed by atoms with Crippen LogP contribution >= 0.6 is 0 Å². The Hall–Kier alpha value is -2.24. The Morgan fingerprint density at radius 3 is 2.35 bits per heavy atom. The van der Waals surface area contributed by atoms with Gasteiger partial charge in [0, 0.05) is 6.42 Å². The van der Waals surface area contributed by atoms with Crippen LogP contribution < -0.4 is 14.8 Å². The Balaban J connectivity index is 2.60. The van der Waals surface area contributed by atoms with Crippen molar-refractivity contribution in [2.75, 3.05) is 14.2 Å². The van der Waals surface area contributed by atoms with E-state index in [2.05, 4.69) is 5.32 Å². The molecule has 0 saturated heterocycles. The van der Waals surface area contributed by atoms with Crippen LogP contribution in [0, 0.1) is 5.92 Å². The minimum atomic E-state index is -1.00. The van der Waals surface area contributed by atoms with Crippen LogP contribution in [0.2, 0.25) is 0 Å². The highest BCUT2D eigenvalue weighted by Crippen LogP contribution is 2.27. The van der Waals surface area contributed by atoms with Crippen LogP contribution in [-0.2, 0) is 16.0 Å². The zero-order valence-electron chi connectivity index (χ0n) is 14.1. The lowest BCUT2D eigenvalue weighted by Gasteiger charge is -2.16. The van der Waals surface area contributed by atoms with Crippen LogP contribution in [0.5, 0.6) is 11.5 Å². The number of hydrogen-bond donors (Lipinski definition) is 2. The maximum atomic E-state index is 12.0. The van der Waals surface area contributed by atoms with E-state index in [9.17, 15) is 9.59 Å². The SMILES string of the molecule is COc1ccc(CCC(=O)N[C@H](CC(C)C)C(=O)O)cc1OC. The molecule has 0 fully saturated rings. The van der Waals surface area contributed by atoms with E-state index in [0.717, 1.165) is 5.56 Å². The van der Waals surface area contributed by atoms with Crippen molar-refractivity contribution in [3.8, 4) is 11.5 Å². The second-order valence-corrected chi connectivity index (χ2v) is 5.78. The van der Waals surface area contributed by atoms with Crippen LogP contribution in [-0.4, -0.2) is 37.2 Å². The Bertz CT molecular complexity index is 542. The first kappa shape index (κ1) is 18.8. The molecule has 0 radical (unpaired) electrons. The number of carbonyl (C=O) groups is 2. The summed E-state index contributed by atoms with van der Waals surface area (Å²) in [7, 11) is 3.11. The highest BCUT2D eigenvalue weighted by Gasteiger charge is 2.20. The van der Waals surface area contributed by atoms with E-state index in [0.29, 0.717) is 24.3 Å². The molecule has 128 valence electrons. The molecule has 0 spiro atoms. The molecule has 1 aromatic rings. The number of methoxy groups -OCH3 is 2. The van der Waals surface area contributed by atoms with Crippen LogP contribution in [0.15, 0.2) is 18.2 Å². The maximum Gasteiger partial charge on any atom is 0.326 e. The molecular weight excluding hydrogens is 298 g/mol. The number of hydrogen-bond acceptors (Lipinski definition) is 4. The number of nitrogens with one attached hydrogen (secondary N) is 1. The van der Waals surface area contributed by atoms with E-state index in [1.54, 1.807) is 20.3 Å². The molecule has 1 atom stereocenters. The van der Waals surface area contributed by atoms with Gasteiger partial charge in [0.15, 0.2) is 11.5 Å². The lowest BCUT2D eigenvalue weighted by molar-refractivity contribution is -0.142. The molecule has 1 amide bonds. The molecule has 0 heterocycles. The molecular formula is C17H25NO5. The standard InChI is InChI=1S/C17H25NO5/c1-11(2)9-13(17(20)21)18-16(19)8-6-12-5-7-14(22-3)15(10-12)23-4/h5,7,10-11,13H,6,8-9H2,1-4H3,(H,18,19)(H,20,21)/t13-/m1/s1. The van der Waals surface area contributed by atoms with Gasteiger partial charge in [0.2, 0.25) is 5.91 Å². The number of aliphatic carboxylic acids is 1. The maximum absolute atomic E-state index is 12.0. The zero-order chi connectivity index (χ0) is 17.4. The molecule has 1 rings (SSSR count). The number of carboxylic acid groups (broad SMARTS) is 1. The summed E-state index contributed by atoms with van der Waals surface area (Å²) < 4.78 is 10.4. The predicted molar refractivity (Wildman–Crippen MR) is 86.9 cm³/mol. The summed E-state index contributed by atoms with van der Waals surface area (Å²) in [5, 5.41) is 11.7. The van der Waals surface area contributed by atoms with Gasteiger partial charge in [0.1, 0.15) is 6.04 Å². The number of benzene rings is 1. The van der Waals surface area contributed by atoms with Crippen molar-refractivity contribution in [1.82, 2.24) is 5.32 Å². The molecule has 2 N–H and O–H groups in total. The first-order valence-corrected chi connectivity index (χ1v) is 7.60. The molecule has 0 bridgehead atoms. The van der Waals surface area contributed by atoms with Gasteiger partial charge in [-0.3, -0.25) is 4.79 Å². The Labute approximate surface area is 136 Å².